The van der Waals surface area contributed by atoms with Gasteiger partial charge in [0, 0.05) is 25.9 Å². The number of amides is 2. The Labute approximate surface area is 182 Å². The number of halogens is 1. The normalized spacial score (nSPS) is 10.6. The van der Waals surface area contributed by atoms with Crippen molar-refractivity contribution in [2.24, 2.45) is 7.05 Å². The number of esters is 1. The number of benzene rings is 2. The summed E-state index contributed by atoms with van der Waals surface area (Å²) in [5.74, 6) is -2.30. The summed E-state index contributed by atoms with van der Waals surface area (Å²) in [7, 11) is 2.88. The zero-order valence-electron chi connectivity index (χ0n) is 17.3. The van der Waals surface area contributed by atoms with E-state index in [2.05, 4.69) is 0 Å². The van der Waals surface area contributed by atoms with E-state index >= 15 is 0 Å². The van der Waals surface area contributed by atoms with Gasteiger partial charge in [-0.2, -0.15) is 0 Å². The van der Waals surface area contributed by atoms with Crippen LogP contribution in [0, 0.1) is 0 Å². The number of anilines is 1. The van der Waals surface area contributed by atoms with Crippen LogP contribution in [-0.4, -0.2) is 29.5 Å². The van der Waals surface area contributed by atoms with Crippen LogP contribution < -0.4 is 19.9 Å². The number of hydrogen-bond acceptors (Lipinski definition) is 6. The summed E-state index contributed by atoms with van der Waals surface area (Å²) in [6.45, 7) is 2.33. The van der Waals surface area contributed by atoms with E-state index in [4.69, 9.17) is 21.1 Å². The maximum absolute atomic E-state index is 13.5. The van der Waals surface area contributed by atoms with E-state index in [0.29, 0.717) is 16.3 Å². The average molecular weight is 443 g/mol. The Morgan fingerprint density at radius 3 is 2.23 bits per heavy atom. The number of rotatable bonds is 4. The summed E-state index contributed by atoms with van der Waals surface area (Å²) in [6, 6.07) is 10.9. The van der Waals surface area contributed by atoms with Crippen LogP contribution in [0.5, 0.6) is 11.5 Å². The lowest BCUT2D eigenvalue weighted by Crippen LogP contribution is -2.40. The van der Waals surface area contributed by atoms with Crippen molar-refractivity contribution in [3.63, 3.8) is 0 Å². The van der Waals surface area contributed by atoms with E-state index in [0.717, 1.165) is 11.8 Å². The Balaban J connectivity index is 2.38. The van der Waals surface area contributed by atoms with Crippen LogP contribution in [-0.2, 0) is 16.6 Å². The number of ether oxygens (including phenoxy) is 2. The van der Waals surface area contributed by atoms with Crippen LogP contribution in [0.3, 0.4) is 0 Å². The number of pyridine rings is 1. The molecule has 0 radical (unpaired) electrons. The van der Waals surface area contributed by atoms with Gasteiger partial charge in [-0.3, -0.25) is 19.2 Å². The highest BCUT2D eigenvalue weighted by Crippen LogP contribution is 2.36. The molecular weight excluding hydrogens is 424 g/mol. The van der Waals surface area contributed by atoms with Crippen molar-refractivity contribution in [3.05, 3.63) is 63.4 Å². The minimum atomic E-state index is -0.945. The highest BCUT2D eigenvalue weighted by atomic mass is 35.5. The average Bonchev–Trinajstić information content (AvgIpc) is 2.72. The number of aromatic nitrogens is 1. The van der Waals surface area contributed by atoms with Gasteiger partial charge in [-0.05, 0) is 36.4 Å². The van der Waals surface area contributed by atoms with Gasteiger partial charge in [0.15, 0.2) is 5.75 Å². The molecule has 0 saturated heterocycles. The van der Waals surface area contributed by atoms with Crippen molar-refractivity contribution < 1.29 is 23.9 Å². The van der Waals surface area contributed by atoms with Crippen molar-refractivity contribution in [1.82, 2.24) is 4.57 Å². The Morgan fingerprint density at radius 2 is 1.68 bits per heavy atom. The van der Waals surface area contributed by atoms with Crippen molar-refractivity contribution in [3.8, 4) is 11.5 Å². The molecule has 0 bridgehead atoms. The summed E-state index contributed by atoms with van der Waals surface area (Å²) >= 11 is 5.91. The molecule has 0 fully saturated rings. The van der Waals surface area contributed by atoms with Crippen LogP contribution in [0.1, 0.15) is 24.2 Å². The quantitative estimate of drug-likeness (QED) is 0.575. The monoisotopic (exact) mass is 442 g/mol. The van der Waals surface area contributed by atoms with Crippen molar-refractivity contribution in [1.29, 1.82) is 0 Å². The third kappa shape index (κ3) is 4.02. The third-order valence-electron chi connectivity index (χ3n) is 4.62. The molecule has 160 valence electrons. The SMILES string of the molecule is COc1cccc2c1c(OC(C)=O)c(C(=O)N(C(C)=O)c1ccc(Cl)cc1)c(=O)n2C. The molecular formula is C22H19ClN2O6. The van der Waals surface area contributed by atoms with E-state index in [1.165, 1.54) is 49.9 Å². The van der Waals surface area contributed by atoms with Gasteiger partial charge in [0.05, 0.1) is 23.7 Å². The maximum atomic E-state index is 13.5. The van der Waals surface area contributed by atoms with Gasteiger partial charge in [0.25, 0.3) is 11.5 Å². The Morgan fingerprint density at radius 1 is 1.03 bits per heavy atom. The lowest BCUT2D eigenvalue weighted by atomic mass is 10.1. The minimum absolute atomic E-state index is 0.206. The highest BCUT2D eigenvalue weighted by molar-refractivity contribution is 6.30. The van der Waals surface area contributed by atoms with Crippen molar-refractivity contribution in [2.45, 2.75) is 13.8 Å². The second-order valence-corrected chi connectivity index (χ2v) is 7.09. The van der Waals surface area contributed by atoms with Gasteiger partial charge >= 0.3 is 5.97 Å². The molecule has 0 aliphatic rings. The first-order valence-corrected chi connectivity index (χ1v) is 9.53. The molecule has 1 aromatic heterocycles. The number of carbonyl (C=O) groups is 3. The topological polar surface area (TPSA) is 94.9 Å². The van der Waals surface area contributed by atoms with Crippen LogP contribution in [0.4, 0.5) is 5.69 Å². The highest BCUT2D eigenvalue weighted by Gasteiger charge is 2.31. The number of nitrogens with zero attached hydrogens (tertiary/aromatic N) is 2. The Hall–Kier alpha value is -3.65. The lowest BCUT2D eigenvalue weighted by Gasteiger charge is -2.22. The second kappa shape index (κ2) is 8.61. The minimum Gasteiger partial charge on any atom is -0.496 e. The van der Waals surface area contributed by atoms with Crippen molar-refractivity contribution >= 4 is 46.0 Å². The van der Waals surface area contributed by atoms with Gasteiger partial charge < -0.3 is 14.0 Å². The summed E-state index contributed by atoms with van der Waals surface area (Å²) in [4.78, 5) is 51.8. The molecule has 0 saturated carbocycles. The molecule has 0 aliphatic heterocycles. The molecule has 3 aromatic rings. The first-order valence-electron chi connectivity index (χ1n) is 9.16. The van der Waals surface area contributed by atoms with Gasteiger partial charge in [-0.1, -0.05) is 17.7 Å². The van der Waals surface area contributed by atoms with Crippen LogP contribution in [0.2, 0.25) is 5.02 Å². The van der Waals surface area contributed by atoms with Gasteiger partial charge in [0.1, 0.15) is 11.3 Å². The van der Waals surface area contributed by atoms with E-state index in [1.54, 1.807) is 18.2 Å². The molecule has 0 N–H and O–H groups in total. The Bertz CT molecular complexity index is 1260. The van der Waals surface area contributed by atoms with E-state index in [1.807, 2.05) is 0 Å². The smallest absolute Gasteiger partial charge is 0.308 e. The molecule has 1 heterocycles. The van der Waals surface area contributed by atoms with E-state index in [-0.39, 0.29) is 16.8 Å². The molecule has 0 atom stereocenters. The van der Waals surface area contributed by atoms with Crippen LogP contribution in [0.15, 0.2) is 47.3 Å². The van der Waals surface area contributed by atoms with E-state index < -0.39 is 28.9 Å². The zero-order chi connectivity index (χ0) is 22.9. The molecule has 3 rings (SSSR count). The molecule has 31 heavy (non-hydrogen) atoms. The summed E-state index contributed by atoms with van der Waals surface area (Å²) < 4.78 is 11.9. The summed E-state index contributed by atoms with van der Waals surface area (Å²) in [5.41, 5.74) is -0.613. The lowest BCUT2D eigenvalue weighted by molar-refractivity contribution is -0.131. The molecule has 2 aromatic carbocycles. The van der Waals surface area contributed by atoms with Crippen LogP contribution in [0.25, 0.3) is 10.9 Å². The fraction of sp³-hybridized carbons (Fsp3) is 0.182. The number of hydrogen-bond donors (Lipinski definition) is 0. The molecule has 8 nitrogen and oxygen atoms in total. The number of methoxy groups -OCH3 is 1. The van der Waals surface area contributed by atoms with Crippen LogP contribution >= 0.6 is 11.6 Å². The van der Waals surface area contributed by atoms with Crippen molar-refractivity contribution in [2.75, 3.05) is 12.0 Å². The fourth-order valence-corrected chi connectivity index (χ4v) is 3.40. The number of imide groups is 1. The Kier molecular flexibility index (Phi) is 6.12. The zero-order valence-corrected chi connectivity index (χ0v) is 18.0. The first kappa shape index (κ1) is 22.0. The third-order valence-corrected chi connectivity index (χ3v) is 4.87. The number of carbonyl (C=O) groups excluding carboxylic acids is 3. The number of aryl methyl sites for hydroxylation is 1. The molecule has 0 aliphatic carbocycles. The first-order chi connectivity index (χ1) is 14.7. The molecule has 0 unspecified atom stereocenters. The predicted octanol–water partition coefficient (Wildman–Crippen LogP) is 3.32. The molecule has 2 amide bonds. The predicted molar refractivity (Wildman–Crippen MR) is 116 cm³/mol. The largest absolute Gasteiger partial charge is 0.496 e. The summed E-state index contributed by atoms with van der Waals surface area (Å²) in [5, 5.41) is 0.664. The summed E-state index contributed by atoms with van der Waals surface area (Å²) in [6.07, 6.45) is 0. The molecule has 9 heteroatoms. The number of fused-ring (bicyclic) bond motifs is 1. The maximum Gasteiger partial charge on any atom is 0.308 e. The van der Waals surface area contributed by atoms with Gasteiger partial charge in [0.2, 0.25) is 5.91 Å². The van der Waals surface area contributed by atoms with Gasteiger partial charge in [-0.25, -0.2) is 4.90 Å². The second-order valence-electron chi connectivity index (χ2n) is 6.65. The standard InChI is InChI=1S/C22H19ClN2O6/c1-12(26)25(15-10-8-14(23)9-11-15)22(29)19-20(31-13(2)27)18-16(24(3)21(19)28)6-5-7-17(18)30-4/h5-11H,1-4H3. The molecule has 0 spiro atoms. The fourth-order valence-electron chi connectivity index (χ4n) is 3.28. The van der Waals surface area contributed by atoms with Gasteiger partial charge in [-0.15, -0.1) is 0 Å². The van der Waals surface area contributed by atoms with E-state index in [9.17, 15) is 19.2 Å².